The molecule has 1 N–H and O–H groups in total. The molecule has 1 saturated carbocycles. The van der Waals surface area contributed by atoms with Crippen LogP contribution in [0.25, 0.3) is 0 Å². The number of benzene rings is 1. The lowest BCUT2D eigenvalue weighted by Gasteiger charge is -2.26. The highest BCUT2D eigenvalue weighted by Gasteiger charge is 2.34. The second-order valence-electron chi connectivity index (χ2n) is 5.04. The molecule has 1 aromatic carbocycles. The van der Waals surface area contributed by atoms with Crippen LogP contribution in [0.2, 0.25) is 0 Å². The lowest BCUT2D eigenvalue weighted by molar-refractivity contribution is -0.126. The Morgan fingerprint density at radius 2 is 1.82 bits per heavy atom. The van der Waals surface area contributed by atoms with Gasteiger partial charge in [0.25, 0.3) is 0 Å². The lowest BCUT2D eigenvalue weighted by Crippen LogP contribution is -2.27. The van der Waals surface area contributed by atoms with E-state index in [1.165, 1.54) is 12.8 Å². The molecule has 0 saturated heterocycles. The molecule has 1 aliphatic carbocycles. The number of ketones is 1. The Morgan fingerprint density at radius 1 is 1.24 bits per heavy atom. The van der Waals surface area contributed by atoms with Gasteiger partial charge in [0.2, 0.25) is 0 Å². The molecular weight excluding hydrogens is 212 g/mol. The van der Waals surface area contributed by atoms with Gasteiger partial charge in [-0.25, -0.2) is 0 Å². The first-order chi connectivity index (χ1) is 8.20. The fourth-order valence-corrected chi connectivity index (χ4v) is 2.99. The summed E-state index contributed by atoms with van der Waals surface area (Å²) in [5.74, 6) is 0.260. The number of carbonyl (C=O) groups excluding carboxylic acids is 1. The van der Waals surface area contributed by atoms with E-state index >= 15 is 0 Å². The SMILES string of the molecule is CC(=O)C(C1CCCC1)C(O)c1ccccc1. The topological polar surface area (TPSA) is 37.3 Å². The van der Waals surface area contributed by atoms with Crippen molar-refractivity contribution < 1.29 is 9.90 Å². The van der Waals surface area contributed by atoms with E-state index in [9.17, 15) is 9.90 Å². The van der Waals surface area contributed by atoms with Crippen LogP contribution < -0.4 is 0 Å². The molecule has 0 spiro atoms. The van der Waals surface area contributed by atoms with Crippen LogP contribution in [0.4, 0.5) is 0 Å². The first-order valence-corrected chi connectivity index (χ1v) is 6.43. The number of hydrogen-bond acceptors (Lipinski definition) is 2. The zero-order chi connectivity index (χ0) is 12.3. The second-order valence-corrected chi connectivity index (χ2v) is 5.04. The maximum atomic E-state index is 11.8. The number of rotatable bonds is 4. The Balaban J connectivity index is 2.18. The van der Waals surface area contributed by atoms with E-state index < -0.39 is 6.10 Å². The largest absolute Gasteiger partial charge is 0.388 e. The third-order valence-corrected chi connectivity index (χ3v) is 3.86. The van der Waals surface area contributed by atoms with Crippen LogP contribution in [0.5, 0.6) is 0 Å². The predicted molar refractivity (Wildman–Crippen MR) is 67.5 cm³/mol. The van der Waals surface area contributed by atoms with Gasteiger partial charge in [0.1, 0.15) is 5.78 Å². The summed E-state index contributed by atoms with van der Waals surface area (Å²) < 4.78 is 0. The van der Waals surface area contributed by atoms with Crippen LogP contribution in [0.3, 0.4) is 0 Å². The second kappa shape index (κ2) is 5.46. The Kier molecular flexibility index (Phi) is 3.95. The Hall–Kier alpha value is -1.15. The molecule has 0 aromatic heterocycles. The van der Waals surface area contributed by atoms with Crippen LogP contribution in [0.15, 0.2) is 30.3 Å². The van der Waals surface area contributed by atoms with Crippen molar-refractivity contribution in [1.82, 2.24) is 0 Å². The smallest absolute Gasteiger partial charge is 0.136 e. The standard InChI is InChI=1S/C15H20O2/c1-11(16)14(12-7-5-6-8-12)15(17)13-9-3-2-4-10-13/h2-4,9-10,12,14-15,17H,5-8H2,1H3. The van der Waals surface area contributed by atoms with E-state index in [0.717, 1.165) is 18.4 Å². The molecule has 1 aromatic rings. The molecule has 0 amide bonds. The molecule has 1 aliphatic rings. The van der Waals surface area contributed by atoms with E-state index in [2.05, 4.69) is 0 Å². The van der Waals surface area contributed by atoms with Crippen molar-refractivity contribution in [2.24, 2.45) is 11.8 Å². The van der Waals surface area contributed by atoms with Gasteiger partial charge in [-0.15, -0.1) is 0 Å². The Bertz CT molecular complexity index is 366. The monoisotopic (exact) mass is 232 g/mol. The first kappa shape index (κ1) is 12.3. The molecule has 2 heteroatoms. The van der Waals surface area contributed by atoms with Gasteiger partial charge in [0, 0.05) is 0 Å². The van der Waals surface area contributed by atoms with Gasteiger partial charge in [-0.2, -0.15) is 0 Å². The number of carbonyl (C=O) groups is 1. The fourth-order valence-electron chi connectivity index (χ4n) is 2.99. The molecule has 0 heterocycles. The summed E-state index contributed by atoms with van der Waals surface area (Å²) in [6.45, 7) is 1.61. The van der Waals surface area contributed by atoms with Gasteiger partial charge < -0.3 is 5.11 Å². The number of Topliss-reactive ketones (excluding diaryl/α,β-unsaturated/α-hetero) is 1. The average Bonchev–Trinajstić information content (AvgIpc) is 2.83. The minimum Gasteiger partial charge on any atom is -0.388 e. The maximum Gasteiger partial charge on any atom is 0.136 e. The molecular formula is C15H20O2. The van der Waals surface area contributed by atoms with Crippen molar-refractivity contribution >= 4 is 5.78 Å². The van der Waals surface area contributed by atoms with E-state index in [1.807, 2.05) is 30.3 Å². The summed E-state index contributed by atoms with van der Waals surface area (Å²) in [6, 6.07) is 9.54. The molecule has 2 rings (SSSR count). The third kappa shape index (κ3) is 2.75. The minimum absolute atomic E-state index is 0.119. The van der Waals surface area contributed by atoms with Crippen LogP contribution in [-0.2, 0) is 4.79 Å². The fraction of sp³-hybridized carbons (Fsp3) is 0.533. The van der Waals surface area contributed by atoms with Crippen LogP contribution in [-0.4, -0.2) is 10.9 Å². The van der Waals surface area contributed by atoms with Crippen molar-refractivity contribution in [2.75, 3.05) is 0 Å². The van der Waals surface area contributed by atoms with Crippen molar-refractivity contribution in [2.45, 2.75) is 38.7 Å². The van der Waals surface area contributed by atoms with Crippen LogP contribution >= 0.6 is 0 Å². The zero-order valence-electron chi connectivity index (χ0n) is 10.3. The highest BCUT2D eigenvalue weighted by molar-refractivity contribution is 5.79. The number of aliphatic hydroxyl groups is 1. The maximum absolute atomic E-state index is 11.8. The molecule has 2 atom stereocenters. The molecule has 2 unspecified atom stereocenters. The molecule has 17 heavy (non-hydrogen) atoms. The summed E-state index contributed by atoms with van der Waals surface area (Å²) in [5, 5.41) is 10.4. The lowest BCUT2D eigenvalue weighted by atomic mass is 9.81. The van der Waals surface area contributed by atoms with Crippen molar-refractivity contribution in [3.05, 3.63) is 35.9 Å². The summed E-state index contributed by atoms with van der Waals surface area (Å²) >= 11 is 0. The normalized spacial score (nSPS) is 20.1. The quantitative estimate of drug-likeness (QED) is 0.866. The Labute approximate surface area is 103 Å². The van der Waals surface area contributed by atoms with Gasteiger partial charge >= 0.3 is 0 Å². The number of aliphatic hydroxyl groups excluding tert-OH is 1. The van der Waals surface area contributed by atoms with Crippen molar-refractivity contribution in [1.29, 1.82) is 0 Å². The van der Waals surface area contributed by atoms with E-state index in [0.29, 0.717) is 5.92 Å². The van der Waals surface area contributed by atoms with Crippen LogP contribution in [0, 0.1) is 11.8 Å². The van der Waals surface area contributed by atoms with Crippen molar-refractivity contribution in [3.63, 3.8) is 0 Å². The molecule has 0 aliphatic heterocycles. The Morgan fingerprint density at radius 3 is 2.35 bits per heavy atom. The zero-order valence-corrected chi connectivity index (χ0v) is 10.3. The van der Waals surface area contributed by atoms with Gasteiger partial charge in [-0.05, 0) is 31.2 Å². The molecule has 92 valence electrons. The summed E-state index contributed by atoms with van der Waals surface area (Å²) in [4.78, 5) is 11.8. The van der Waals surface area contributed by atoms with Gasteiger partial charge in [-0.3, -0.25) is 4.79 Å². The summed E-state index contributed by atoms with van der Waals surface area (Å²) in [6.07, 6.45) is 3.89. The molecule has 2 nitrogen and oxygen atoms in total. The van der Waals surface area contributed by atoms with Gasteiger partial charge in [0.05, 0.1) is 12.0 Å². The first-order valence-electron chi connectivity index (χ1n) is 6.43. The average molecular weight is 232 g/mol. The highest BCUT2D eigenvalue weighted by atomic mass is 16.3. The van der Waals surface area contributed by atoms with Gasteiger partial charge in [-0.1, -0.05) is 43.2 Å². The van der Waals surface area contributed by atoms with Gasteiger partial charge in [0.15, 0.2) is 0 Å². The predicted octanol–water partition coefficient (Wildman–Crippen LogP) is 3.12. The summed E-state index contributed by atoms with van der Waals surface area (Å²) in [5.41, 5.74) is 0.861. The minimum atomic E-state index is -0.642. The van der Waals surface area contributed by atoms with E-state index in [1.54, 1.807) is 6.92 Å². The number of hydrogen-bond donors (Lipinski definition) is 1. The third-order valence-electron chi connectivity index (χ3n) is 3.86. The van der Waals surface area contributed by atoms with Crippen molar-refractivity contribution in [3.8, 4) is 0 Å². The van der Waals surface area contributed by atoms with E-state index in [4.69, 9.17) is 0 Å². The van der Waals surface area contributed by atoms with Crippen LogP contribution in [0.1, 0.15) is 44.3 Å². The summed E-state index contributed by atoms with van der Waals surface area (Å²) in [7, 11) is 0. The molecule has 1 fully saturated rings. The van der Waals surface area contributed by atoms with E-state index in [-0.39, 0.29) is 11.7 Å². The molecule has 0 radical (unpaired) electrons. The molecule has 0 bridgehead atoms. The highest BCUT2D eigenvalue weighted by Crippen LogP contribution is 2.38.